The van der Waals surface area contributed by atoms with Gasteiger partial charge in [-0.1, -0.05) is 67.9 Å². The van der Waals surface area contributed by atoms with Crippen molar-refractivity contribution < 1.29 is 9.59 Å². The van der Waals surface area contributed by atoms with Crippen LogP contribution in [0.5, 0.6) is 0 Å². The highest BCUT2D eigenvalue weighted by atomic mass is 35.5. The van der Waals surface area contributed by atoms with Gasteiger partial charge in [-0.25, -0.2) is 0 Å². The standard InChI is InChI=1S/C20H24ClN3O2.ClH/c1-13(2)18(24-19(25)15-10-6-7-11-16(15)21)20(26)23-12-17(22)14-8-4-3-5-9-14;/h3-11,13,17-18H,12,22H2,1-2H3,(H,23,26)(H,24,25);1H. The number of rotatable bonds is 7. The maximum atomic E-state index is 12.6. The first-order chi connectivity index (χ1) is 12.4. The van der Waals surface area contributed by atoms with Crippen molar-refractivity contribution in [2.45, 2.75) is 25.9 Å². The highest BCUT2D eigenvalue weighted by Gasteiger charge is 2.25. The second-order valence-corrected chi connectivity index (χ2v) is 6.84. The first-order valence-electron chi connectivity index (χ1n) is 8.53. The van der Waals surface area contributed by atoms with Gasteiger partial charge in [-0.05, 0) is 23.6 Å². The fraction of sp³-hybridized carbons (Fsp3) is 0.300. The Morgan fingerprint density at radius 2 is 1.63 bits per heavy atom. The molecule has 0 fully saturated rings. The lowest BCUT2D eigenvalue weighted by Crippen LogP contribution is -2.50. The minimum absolute atomic E-state index is 0. The molecule has 2 aromatic rings. The smallest absolute Gasteiger partial charge is 0.253 e. The van der Waals surface area contributed by atoms with E-state index in [0.29, 0.717) is 10.6 Å². The lowest BCUT2D eigenvalue weighted by Gasteiger charge is -2.23. The lowest BCUT2D eigenvalue weighted by molar-refractivity contribution is -0.124. The summed E-state index contributed by atoms with van der Waals surface area (Å²) in [7, 11) is 0. The Morgan fingerprint density at radius 3 is 2.22 bits per heavy atom. The number of halogens is 2. The second-order valence-electron chi connectivity index (χ2n) is 6.44. The predicted octanol–water partition coefficient (Wildman–Crippen LogP) is 3.33. The van der Waals surface area contributed by atoms with E-state index < -0.39 is 6.04 Å². The monoisotopic (exact) mass is 409 g/mol. The number of nitrogens with two attached hydrogens (primary N) is 1. The van der Waals surface area contributed by atoms with E-state index in [0.717, 1.165) is 5.56 Å². The number of hydrogen-bond donors (Lipinski definition) is 3. The van der Waals surface area contributed by atoms with Crippen LogP contribution < -0.4 is 16.4 Å². The molecule has 0 spiro atoms. The first kappa shape index (κ1) is 23.0. The molecule has 0 aliphatic rings. The molecule has 0 aromatic heterocycles. The average molecular weight is 410 g/mol. The summed E-state index contributed by atoms with van der Waals surface area (Å²) in [5.41, 5.74) is 7.39. The summed E-state index contributed by atoms with van der Waals surface area (Å²) in [5.74, 6) is -0.738. The average Bonchev–Trinajstić information content (AvgIpc) is 2.64. The van der Waals surface area contributed by atoms with E-state index in [-0.39, 0.29) is 42.7 Å². The van der Waals surface area contributed by atoms with Gasteiger partial charge < -0.3 is 16.4 Å². The highest BCUT2D eigenvalue weighted by molar-refractivity contribution is 6.33. The van der Waals surface area contributed by atoms with Crippen LogP contribution in [0, 0.1) is 5.92 Å². The molecule has 7 heteroatoms. The van der Waals surface area contributed by atoms with Crippen molar-refractivity contribution in [1.82, 2.24) is 10.6 Å². The largest absolute Gasteiger partial charge is 0.352 e. The molecule has 146 valence electrons. The molecule has 2 amide bonds. The maximum Gasteiger partial charge on any atom is 0.253 e. The minimum atomic E-state index is -0.679. The zero-order valence-electron chi connectivity index (χ0n) is 15.3. The first-order valence-corrected chi connectivity index (χ1v) is 8.91. The van der Waals surface area contributed by atoms with E-state index in [4.69, 9.17) is 17.3 Å². The van der Waals surface area contributed by atoms with Crippen molar-refractivity contribution in [3.8, 4) is 0 Å². The minimum Gasteiger partial charge on any atom is -0.352 e. The van der Waals surface area contributed by atoms with Crippen LogP contribution >= 0.6 is 24.0 Å². The summed E-state index contributed by atoms with van der Waals surface area (Å²) < 4.78 is 0. The van der Waals surface area contributed by atoms with Crippen LogP contribution in [0.2, 0.25) is 5.02 Å². The van der Waals surface area contributed by atoms with E-state index in [2.05, 4.69) is 10.6 Å². The molecular formula is C20H25Cl2N3O2. The van der Waals surface area contributed by atoms with Gasteiger partial charge in [0.2, 0.25) is 5.91 Å². The molecule has 5 nitrogen and oxygen atoms in total. The fourth-order valence-electron chi connectivity index (χ4n) is 2.54. The molecule has 0 heterocycles. The third-order valence-electron chi connectivity index (χ3n) is 4.08. The zero-order valence-corrected chi connectivity index (χ0v) is 16.9. The second kappa shape index (κ2) is 10.9. The Morgan fingerprint density at radius 1 is 1.04 bits per heavy atom. The molecule has 4 N–H and O–H groups in total. The van der Waals surface area contributed by atoms with E-state index >= 15 is 0 Å². The quantitative estimate of drug-likeness (QED) is 0.655. The summed E-state index contributed by atoms with van der Waals surface area (Å²) in [6.45, 7) is 4.02. The maximum absolute atomic E-state index is 12.6. The summed E-state index contributed by atoms with van der Waals surface area (Å²) >= 11 is 6.05. The summed E-state index contributed by atoms with van der Waals surface area (Å²) in [4.78, 5) is 25.0. The highest BCUT2D eigenvalue weighted by Crippen LogP contribution is 2.15. The number of amides is 2. The normalized spacial score (nSPS) is 12.6. The van der Waals surface area contributed by atoms with Gasteiger partial charge in [0.15, 0.2) is 0 Å². The Kier molecular flexibility index (Phi) is 9.29. The fourth-order valence-corrected chi connectivity index (χ4v) is 2.76. The Bertz CT molecular complexity index is 754. The molecule has 0 aliphatic carbocycles. The van der Waals surface area contributed by atoms with Crippen molar-refractivity contribution in [3.05, 3.63) is 70.7 Å². The van der Waals surface area contributed by atoms with Gasteiger partial charge in [-0.3, -0.25) is 9.59 Å². The molecule has 0 bridgehead atoms. The molecule has 0 saturated heterocycles. The van der Waals surface area contributed by atoms with Gasteiger partial charge in [0.25, 0.3) is 5.91 Å². The van der Waals surface area contributed by atoms with Crippen LogP contribution in [-0.4, -0.2) is 24.4 Å². The van der Waals surface area contributed by atoms with Crippen LogP contribution in [-0.2, 0) is 4.79 Å². The number of carbonyl (C=O) groups excluding carboxylic acids is 2. The van der Waals surface area contributed by atoms with E-state index in [1.165, 1.54) is 0 Å². The molecule has 0 aliphatic heterocycles. The van der Waals surface area contributed by atoms with Crippen molar-refractivity contribution in [2.24, 2.45) is 11.7 Å². The summed E-state index contributed by atoms with van der Waals surface area (Å²) in [5, 5.41) is 5.93. The number of carbonyl (C=O) groups is 2. The molecule has 27 heavy (non-hydrogen) atoms. The van der Waals surface area contributed by atoms with Gasteiger partial charge in [0.05, 0.1) is 10.6 Å². The van der Waals surface area contributed by atoms with Crippen LogP contribution in [0.15, 0.2) is 54.6 Å². The van der Waals surface area contributed by atoms with Gasteiger partial charge in [0, 0.05) is 12.6 Å². The summed E-state index contributed by atoms with van der Waals surface area (Å²) in [6.07, 6.45) is 0. The van der Waals surface area contributed by atoms with E-state index in [9.17, 15) is 9.59 Å². The Labute approximate surface area is 171 Å². The van der Waals surface area contributed by atoms with Crippen molar-refractivity contribution >= 4 is 35.8 Å². The molecule has 2 rings (SSSR count). The SMILES string of the molecule is CC(C)C(NC(=O)c1ccccc1Cl)C(=O)NCC(N)c1ccccc1.Cl. The number of benzene rings is 2. The Hall–Kier alpha value is -2.08. The number of nitrogens with one attached hydrogen (secondary N) is 2. The van der Waals surface area contributed by atoms with Gasteiger partial charge in [-0.2, -0.15) is 0 Å². The van der Waals surface area contributed by atoms with E-state index in [1.807, 2.05) is 44.2 Å². The van der Waals surface area contributed by atoms with Crippen LogP contribution in [0.3, 0.4) is 0 Å². The molecule has 2 atom stereocenters. The van der Waals surface area contributed by atoms with Gasteiger partial charge in [0.1, 0.15) is 6.04 Å². The Balaban J connectivity index is 0.00000364. The topological polar surface area (TPSA) is 84.2 Å². The van der Waals surface area contributed by atoms with Crippen molar-refractivity contribution in [2.75, 3.05) is 6.54 Å². The predicted molar refractivity (Wildman–Crippen MR) is 111 cm³/mol. The van der Waals surface area contributed by atoms with Crippen LogP contribution in [0.4, 0.5) is 0 Å². The van der Waals surface area contributed by atoms with Crippen molar-refractivity contribution in [1.29, 1.82) is 0 Å². The molecule has 0 saturated carbocycles. The van der Waals surface area contributed by atoms with Crippen LogP contribution in [0.1, 0.15) is 35.8 Å². The third-order valence-corrected chi connectivity index (χ3v) is 4.41. The third kappa shape index (κ3) is 6.54. The van der Waals surface area contributed by atoms with Gasteiger partial charge in [-0.15, -0.1) is 12.4 Å². The molecule has 2 unspecified atom stereocenters. The molecular weight excluding hydrogens is 385 g/mol. The molecule has 0 radical (unpaired) electrons. The van der Waals surface area contributed by atoms with Crippen LogP contribution in [0.25, 0.3) is 0 Å². The lowest BCUT2D eigenvalue weighted by atomic mass is 10.0. The zero-order chi connectivity index (χ0) is 19.1. The molecule has 2 aromatic carbocycles. The summed E-state index contributed by atoms with van der Waals surface area (Å²) in [6, 6.07) is 15.3. The van der Waals surface area contributed by atoms with E-state index in [1.54, 1.807) is 24.3 Å². The van der Waals surface area contributed by atoms with Crippen molar-refractivity contribution in [3.63, 3.8) is 0 Å². The van der Waals surface area contributed by atoms with Gasteiger partial charge >= 0.3 is 0 Å². The number of hydrogen-bond acceptors (Lipinski definition) is 3.